The number of amides is 2. The number of rotatable bonds is 3. The quantitative estimate of drug-likeness (QED) is 0.398. The van der Waals surface area contributed by atoms with E-state index in [-0.39, 0.29) is 11.8 Å². The Hall–Kier alpha value is -1.10. The summed E-state index contributed by atoms with van der Waals surface area (Å²) < 4.78 is 0. The second-order valence-electron chi connectivity index (χ2n) is 3.86. The molecule has 0 saturated carbocycles. The summed E-state index contributed by atoms with van der Waals surface area (Å²) in [4.78, 5) is 24.3. The maximum absolute atomic E-state index is 11.6. The van der Waals surface area contributed by atoms with E-state index >= 15 is 0 Å². The first kappa shape index (κ1) is 12.0. The molecule has 0 aromatic rings. The van der Waals surface area contributed by atoms with Gasteiger partial charge in [-0.2, -0.15) is 0 Å². The molecular formula is C10H19N3O2. The van der Waals surface area contributed by atoms with Gasteiger partial charge in [-0.15, -0.1) is 0 Å². The molecule has 1 aliphatic rings. The van der Waals surface area contributed by atoms with E-state index < -0.39 is 0 Å². The lowest BCUT2D eigenvalue weighted by molar-refractivity contribution is -0.132. The van der Waals surface area contributed by atoms with Crippen LogP contribution in [0.15, 0.2) is 0 Å². The molecule has 1 heterocycles. The predicted molar refractivity (Wildman–Crippen MR) is 56.6 cm³/mol. The average molecular weight is 213 g/mol. The highest BCUT2D eigenvalue weighted by Crippen LogP contribution is 2.11. The van der Waals surface area contributed by atoms with Crippen LogP contribution in [0, 0.1) is 0 Å². The highest BCUT2D eigenvalue weighted by atomic mass is 16.2. The molecule has 86 valence electrons. The molecule has 1 rings (SSSR count). The number of nitrogens with one attached hydrogen (secondary N) is 1. The van der Waals surface area contributed by atoms with Gasteiger partial charge in [0.25, 0.3) is 0 Å². The van der Waals surface area contributed by atoms with Crippen LogP contribution in [0.4, 0.5) is 0 Å². The van der Waals surface area contributed by atoms with Gasteiger partial charge in [0.1, 0.15) is 0 Å². The number of hydrazine groups is 1. The second-order valence-corrected chi connectivity index (χ2v) is 3.86. The Morgan fingerprint density at radius 1 is 1.33 bits per heavy atom. The van der Waals surface area contributed by atoms with Crippen LogP contribution in [0.2, 0.25) is 0 Å². The van der Waals surface area contributed by atoms with Gasteiger partial charge >= 0.3 is 0 Å². The monoisotopic (exact) mass is 213 g/mol. The van der Waals surface area contributed by atoms with Crippen molar-refractivity contribution in [2.75, 3.05) is 13.1 Å². The molecule has 15 heavy (non-hydrogen) atoms. The summed E-state index contributed by atoms with van der Waals surface area (Å²) >= 11 is 0. The first-order valence-corrected chi connectivity index (χ1v) is 5.51. The van der Waals surface area contributed by atoms with Crippen molar-refractivity contribution >= 4 is 11.8 Å². The van der Waals surface area contributed by atoms with E-state index in [9.17, 15) is 9.59 Å². The van der Waals surface area contributed by atoms with Crippen molar-refractivity contribution < 1.29 is 9.59 Å². The fourth-order valence-electron chi connectivity index (χ4n) is 1.76. The van der Waals surface area contributed by atoms with Crippen molar-refractivity contribution in [1.82, 2.24) is 10.3 Å². The van der Waals surface area contributed by atoms with Gasteiger partial charge in [-0.05, 0) is 12.8 Å². The highest BCUT2D eigenvalue weighted by Gasteiger charge is 2.15. The van der Waals surface area contributed by atoms with Crippen molar-refractivity contribution in [3.8, 4) is 0 Å². The zero-order valence-corrected chi connectivity index (χ0v) is 9.00. The fourth-order valence-corrected chi connectivity index (χ4v) is 1.76. The Labute approximate surface area is 90.0 Å². The summed E-state index contributed by atoms with van der Waals surface area (Å²) in [6.07, 6.45) is 5.23. The zero-order chi connectivity index (χ0) is 11.1. The molecular weight excluding hydrogens is 194 g/mol. The van der Waals surface area contributed by atoms with Gasteiger partial charge in [-0.1, -0.05) is 12.8 Å². The maximum atomic E-state index is 11.6. The Bertz CT molecular complexity index is 231. The van der Waals surface area contributed by atoms with E-state index in [1.807, 2.05) is 0 Å². The number of carbonyl (C=O) groups is 2. The Balaban J connectivity index is 2.35. The van der Waals surface area contributed by atoms with E-state index in [0.717, 1.165) is 25.8 Å². The molecule has 0 bridgehead atoms. The fraction of sp³-hybridized carbons (Fsp3) is 0.800. The minimum absolute atomic E-state index is 0.166. The van der Waals surface area contributed by atoms with Crippen LogP contribution in [0.3, 0.4) is 0 Å². The van der Waals surface area contributed by atoms with Gasteiger partial charge in [0.05, 0.1) is 0 Å². The van der Waals surface area contributed by atoms with Gasteiger partial charge in [0, 0.05) is 25.9 Å². The summed E-state index contributed by atoms with van der Waals surface area (Å²) in [6.45, 7) is 1.26. The predicted octanol–water partition coefficient (Wildman–Crippen LogP) is 0.159. The van der Waals surface area contributed by atoms with Crippen LogP contribution in [-0.2, 0) is 9.59 Å². The van der Waals surface area contributed by atoms with Crippen LogP contribution >= 0.6 is 0 Å². The topological polar surface area (TPSA) is 75.4 Å². The first-order chi connectivity index (χ1) is 7.24. The van der Waals surface area contributed by atoms with Gasteiger partial charge in [-0.25, -0.2) is 5.84 Å². The number of hydrogen-bond acceptors (Lipinski definition) is 3. The van der Waals surface area contributed by atoms with Gasteiger partial charge in [0.15, 0.2) is 0 Å². The molecule has 3 N–H and O–H groups in total. The van der Waals surface area contributed by atoms with Gasteiger partial charge < -0.3 is 4.90 Å². The average Bonchev–Trinajstić information content (AvgIpc) is 2.22. The molecule has 0 unspecified atom stereocenters. The maximum Gasteiger partial charge on any atom is 0.235 e. The number of hydrogen-bond donors (Lipinski definition) is 2. The number of nitrogens with two attached hydrogens (primary N) is 1. The molecule has 0 radical (unpaired) electrons. The van der Waals surface area contributed by atoms with Crippen molar-refractivity contribution in [2.24, 2.45) is 5.84 Å². The minimum atomic E-state index is -0.218. The lowest BCUT2D eigenvalue weighted by atomic mass is 10.1. The Morgan fingerprint density at radius 3 is 2.80 bits per heavy atom. The van der Waals surface area contributed by atoms with Gasteiger partial charge in [0.2, 0.25) is 11.8 Å². The van der Waals surface area contributed by atoms with Crippen molar-refractivity contribution in [1.29, 1.82) is 0 Å². The van der Waals surface area contributed by atoms with E-state index in [1.54, 1.807) is 4.90 Å². The number of nitrogens with zero attached hydrogens (tertiary/aromatic N) is 1. The van der Waals surface area contributed by atoms with Crippen LogP contribution in [-0.4, -0.2) is 29.8 Å². The smallest absolute Gasteiger partial charge is 0.235 e. The van der Waals surface area contributed by atoms with E-state index in [1.165, 1.54) is 6.42 Å². The summed E-state index contributed by atoms with van der Waals surface area (Å²) in [5.41, 5.74) is 2.07. The standard InChI is InChI=1S/C10H19N3O2/c11-12-9(14)6-8-13-7-4-2-1-3-5-10(13)15/h1-8,11H2,(H,12,14). The van der Waals surface area contributed by atoms with Gasteiger partial charge in [-0.3, -0.25) is 15.0 Å². The van der Waals surface area contributed by atoms with Crippen molar-refractivity contribution in [3.05, 3.63) is 0 Å². The summed E-state index contributed by atoms with van der Waals surface area (Å²) in [7, 11) is 0. The van der Waals surface area contributed by atoms with Crippen LogP contribution in [0.5, 0.6) is 0 Å². The molecule has 0 atom stereocenters. The molecule has 0 aliphatic carbocycles. The molecule has 1 aliphatic heterocycles. The minimum Gasteiger partial charge on any atom is -0.342 e. The van der Waals surface area contributed by atoms with E-state index in [0.29, 0.717) is 19.4 Å². The molecule has 2 amide bonds. The summed E-state index contributed by atoms with van der Waals surface area (Å²) in [6, 6.07) is 0. The van der Waals surface area contributed by atoms with Crippen LogP contribution in [0.25, 0.3) is 0 Å². The lowest BCUT2D eigenvalue weighted by Gasteiger charge is -2.24. The zero-order valence-electron chi connectivity index (χ0n) is 9.00. The highest BCUT2D eigenvalue weighted by molar-refractivity contribution is 5.78. The van der Waals surface area contributed by atoms with Crippen molar-refractivity contribution in [2.45, 2.75) is 38.5 Å². The Morgan fingerprint density at radius 2 is 2.07 bits per heavy atom. The molecule has 1 saturated heterocycles. The Kier molecular flexibility index (Phi) is 5.10. The molecule has 1 fully saturated rings. The van der Waals surface area contributed by atoms with Crippen LogP contribution in [0.1, 0.15) is 38.5 Å². The molecule has 0 spiro atoms. The van der Waals surface area contributed by atoms with E-state index in [4.69, 9.17) is 5.84 Å². The lowest BCUT2D eigenvalue weighted by Crippen LogP contribution is -2.38. The largest absolute Gasteiger partial charge is 0.342 e. The molecule has 0 aromatic carbocycles. The summed E-state index contributed by atoms with van der Waals surface area (Å²) in [5, 5.41) is 0. The second kappa shape index (κ2) is 6.40. The molecule has 5 heteroatoms. The van der Waals surface area contributed by atoms with Crippen LogP contribution < -0.4 is 11.3 Å². The number of likely N-dealkylation sites (tertiary alicyclic amines) is 1. The third-order valence-corrected chi connectivity index (χ3v) is 2.69. The van der Waals surface area contributed by atoms with E-state index in [2.05, 4.69) is 5.43 Å². The van der Waals surface area contributed by atoms with Crippen molar-refractivity contribution in [3.63, 3.8) is 0 Å². The SMILES string of the molecule is NNC(=O)CCN1CCCCCCC1=O. The number of carbonyl (C=O) groups excluding carboxylic acids is 2. The first-order valence-electron chi connectivity index (χ1n) is 5.51. The molecule has 5 nitrogen and oxygen atoms in total. The molecule has 0 aromatic heterocycles. The third kappa shape index (κ3) is 4.29. The summed E-state index contributed by atoms with van der Waals surface area (Å²) in [5.74, 6) is 4.92. The third-order valence-electron chi connectivity index (χ3n) is 2.69. The normalized spacial score (nSPS) is 18.2.